The fourth-order valence-electron chi connectivity index (χ4n) is 1.27. The standard InChI is InChI=1S/C9H13NO5S/c1-6(5-16(2,13)14)10-8-4-3-7(15-8)9(11)12/h3-4,6,10H,5H2,1-2H3,(H,11,12). The lowest BCUT2D eigenvalue weighted by Crippen LogP contribution is -2.24. The van der Waals surface area contributed by atoms with E-state index in [1.165, 1.54) is 12.1 Å². The van der Waals surface area contributed by atoms with Crippen LogP contribution in [0.3, 0.4) is 0 Å². The number of hydrogen-bond donors (Lipinski definition) is 2. The van der Waals surface area contributed by atoms with E-state index in [1.54, 1.807) is 6.92 Å². The molecule has 0 saturated carbocycles. The van der Waals surface area contributed by atoms with Crippen molar-refractivity contribution in [3.05, 3.63) is 17.9 Å². The predicted octanol–water partition coefficient (Wildman–Crippen LogP) is 0.823. The summed E-state index contributed by atoms with van der Waals surface area (Å²) in [6.07, 6.45) is 1.13. The number of anilines is 1. The van der Waals surface area contributed by atoms with E-state index in [1.807, 2.05) is 0 Å². The molecule has 16 heavy (non-hydrogen) atoms. The molecule has 0 aliphatic rings. The van der Waals surface area contributed by atoms with Gasteiger partial charge in [-0.3, -0.25) is 0 Å². The molecule has 2 N–H and O–H groups in total. The van der Waals surface area contributed by atoms with Crippen LogP contribution in [0.1, 0.15) is 17.5 Å². The first kappa shape index (κ1) is 12.6. The molecule has 0 saturated heterocycles. The highest BCUT2D eigenvalue weighted by Gasteiger charge is 2.13. The number of carboxylic acids is 1. The molecule has 0 aromatic carbocycles. The number of rotatable bonds is 5. The molecule has 0 fully saturated rings. The van der Waals surface area contributed by atoms with Gasteiger partial charge in [-0.25, -0.2) is 13.2 Å². The van der Waals surface area contributed by atoms with Gasteiger partial charge in [0, 0.05) is 18.4 Å². The monoisotopic (exact) mass is 247 g/mol. The molecule has 1 atom stereocenters. The number of carboxylic acid groups (broad SMARTS) is 1. The van der Waals surface area contributed by atoms with Gasteiger partial charge in [0.2, 0.25) is 5.76 Å². The van der Waals surface area contributed by atoms with Gasteiger partial charge in [0.25, 0.3) is 0 Å². The van der Waals surface area contributed by atoms with Crippen molar-refractivity contribution in [3.8, 4) is 0 Å². The summed E-state index contributed by atoms with van der Waals surface area (Å²) in [6, 6.07) is 2.41. The van der Waals surface area contributed by atoms with Gasteiger partial charge in [-0.1, -0.05) is 0 Å². The van der Waals surface area contributed by atoms with E-state index in [9.17, 15) is 13.2 Å². The normalized spacial score (nSPS) is 13.4. The molecular weight excluding hydrogens is 234 g/mol. The maximum atomic E-state index is 11.0. The number of aromatic carboxylic acids is 1. The highest BCUT2D eigenvalue weighted by Crippen LogP contribution is 2.14. The zero-order valence-corrected chi connectivity index (χ0v) is 9.74. The van der Waals surface area contributed by atoms with Crippen molar-refractivity contribution in [3.63, 3.8) is 0 Å². The van der Waals surface area contributed by atoms with Crippen LogP contribution in [0.4, 0.5) is 5.88 Å². The van der Waals surface area contributed by atoms with E-state index < -0.39 is 15.8 Å². The molecule has 0 amide bonds. The van der Waals surface area contributed by atoms with E-state index in [0.717, 1.165) is 6.26 Å². The van der Waals surface area contributed by atoms with Crippen LogP contribution in [-0.2, 0) is 9.84 Å². The molecule has 6 nitrogen and oxygen atoms in total. The molecule has 1 unspecified atom stereocenters. The average Bonchev–Trinajstić information content (AvgIpc) is 2.48. The van der Waals surface area contributed by atoms with Crippen LogP contribution < -0.4 is 5.32 Å². The fraction of sp³-hybridized carbons (Fsp3) is 0.444. The molecule has 0 spiro atoms. The molecule has 1 rings (SSSR count). The molecular formula is C9H13NO5S. The van der Waals surface area contributed by atoms with Crippen LogP contribution in [0.2, 0.25) is 0 Å². The van der Waals surface area contributed by atoms with Crippen LogP contribution in [0, 0.1) is 0 Å². The maximum absolute atomic E-state index is 11.0. The van der Waals surface area contributed by atoms with Crippen molar-refractivity contribution in [2.45, 2.75) is 13.0 Å². The second-order valence-electron chi connectivity index (χ2n) is 3.61. The lowest BCUT2D eigenvalue weighted by molar-refractivity contribution is 0.0663. The third-order valence-corrected chi connectivity index (χ3v) is 2.86. The van der Waals surface area contributed by atoms with E-state index in [0.29, 0.717) is 0 Å². The Kier molecular flexibility index (Phi) is 3.58. The Balaban J connectivity index is 2.63. The number of furan rings is 1. The summed E-state index contributed by atoms with van der Waals surface area (Å²) in [5.74, 6) is -1.15. The molecule has 90 valence electrons. The van der Waals surface area contributed by atoms with Crippen molar-refractivity contribution in [1.29, 1.82) is 0 Å². The Bertz CT molecular complexity index is 476. The summed E-state index contributed by atoms with van der Waals surface area (Å²) in [7, 11) is -3.07. The van der Waals surface area contributed by atoms with Crippen LogP contribution in [-0.4, -0.2) is 37.5 Å². The van der Waals surface area contributed by atoms with Crippen LogP contribution >= 0.6 is 0 Å². The summed E-state index contributed by atoms with van der Waals surface area (Å²) in [6.45, 7) is 1.67. The highest BCUT2D eigenvalue weighted by atomic mass is 32.2. The Morgan fingerprint density at radius 2 is 2.19 bits per heavy atom. The van der Waals surface area contributed by atoms with E-state index in [4.69, 9.17) is 9.52 Å². The average molecular weight is 247 g/mol. The summed E-state index contributed by atoms with van der Waals surface area (Å²) in [5, 5.41) is 11.4. The van der Waals surface area contributed by atoms with Crippen LogP contribution in [0.5, 0.6) is 0 Å². The second kappa shape index (κ2) is 4.56. The molecule has 1 aromatic rings. The topological polar surface area (TPSA) is 96.6 Å². The lowest BCUT2D eigenvalue weighted by atomic mass is 10.4. The Hall–Kier alpha value is -1.50. The second-order valence-corrected chi connectivity index (χ2v) is 5.79. The van der Waals surface area contributed by atoms with Gasteiger partial charge in [-0.2, -0.15) is 0 Å². The summed E-state index contributed by atoms with van der Waals surface area (Å²) < 4.78 is 26.9. The third kappa shape index (κ3) is 3.93. The molecule has 0 bridgehead atoms. The van der Waals surface area contributed by atoms with Gasteiger partial charge in [0.05, 0.1) is 5.75 Å². The molecule has 7 heteroatoms. The third-order valence-electron chi connectivity index (χ3n) is 1.76. The lowest BCUT2D eigenvalue weighted by Gasteiger charge is -2.10. The molecule has 0 radical (unpaired) electrons. The number of carbonyl (C=O) groups is 1. The largest absolute Gasteiger partial charge is 0.475 e. The van der Waals surface area contributed by atoms with Crippen LogP contribution in [0.25, 0.3) is 0 Å². The first-order valence-electron chi connectivity index (χ1n) is 4.55. The molecule has 0 aliphatic carbocycles. The van der Waals surface area contributed by atoms with Gasteiger partial charge in [0.15, 0.2) is 5.88 Å². The summed E-state index contributed by atoms with van der Waals surface area (Å²) in [5.41, 5.74) is 0. The Labute approximate surface area is 93.2 Å². The van der Waals surface area contributed by atoms with E-state index >= 15 is 0 Å². The predicted molar refractivity (Wildman–Crippen MR) is 58.5 cm³/mol. The zero-order chi connectivity index (χ0) is 12.3. The minimum Gasteiger partial charge on any atom is -0.475 e. The minimum absolute atomic E-state index is 0.0455. The quantitative estimate of drug-likeness (QED) is 0.799. The fourth-order valence-corrected chi connectivity index (χ4v) is 2.26. The molecule has 1 heterocycles. The molecule has 0 aliphatic heterocycles. The minimum atomic E-state index is -3.07. The maximum Gasteiger partial charge on any atom is 0.371 e. The number of hydrogen-bond acceptors (Lipinski definition) is 5. The molecule has 1 aromatic heterocycles. The number of sulfone groups is 1. The van der Waals surface area contributed by atoms with Gasteiger partial charge in [0.1, 0.15) is 9.84 Å². The van der Waals surface area contributed by atoms with Gasteiger partial charge < -0.3 is 14.8 Å². The van der Waals surface area contributed by atoms with Gasteiger partial charge in [-0.05, 0) is 13.0 Å². The Morgan fingerprint density at radius 3 is 2.62 bits per heavy atom. The zero-order valence-electron chi connectivity index (χ0n) is 8.93. The van der Waals surface area contributed by atoms with Crippen molar-refractivity contribution >= 4 is 21.7 Å². The SMILES string of the molecule is CC(CS(C)(=O)=O)Nc1ccc(C(=O)O)o1. The van der Waals surface area contributed by atoms with Crippen molar-refractivity contribution < 1.29 is 22.7 Å². The summed E-state index contributed by atoms with van der Waals surface area (Å²) in [4.78, 5) is 10.5. The van der Waals surface area contributed by atoms with Crippen molar-refractivity contribution in [1.82, 2.24) is 0 Å². The van der Waals surface area contributed by atoms with Gasteiger partial charge >= 0.3 is 5.97 Å². The Morgan fingerprint density at radius 1 is 1.56 bits per heavy atom. The van der Waals surface area contributed by atoms with Crippen molar-refractivity contribution in [2.24, 2.45) is 0 Å². The van der Waals surface area contributed by atoms with Crippen LogP contribution in [0.15, 0.2) is 16.5 Å². The van der Waals surface area contributed by atoms with E-state index in [2.05, 4.69) is 5.32 Å². The first-order chi connectivity index (χ1) is 7.28. The highest BCUT2D eigenvalue weighted by molar-refractivity contribution is 7.90. The first-order valence-corrected chi connectivity index (χ1v) is 6.61. The smallest absolute Gasteiger partial charge is 0.371 e. The van der Waals surface area contributed by atoms with Crippen molar-refractivity contribution in [2.75, 3.05) is 17.3 Å². The van der Waals surface area contributed by atoms with Gasteiger partial charge in [-0.15, -0.1) is 0 Å². The van der Waals surface area contributed by atoms with E-state index in [-0.39, 0.29) is 23.4 Å². The number of nitrogens with one attached hydrogen (secondary N) is 1. The summed E-state index contributed by atoms with van der Waals surface area (Å²) >= 11 is 0.